The summed E-state index contributed by atoms with van der Waals surface area (Å²) < 4.78 is 1.42. The smallest absolute Gasteiger partial charge is 0.251 e. The molecule has 0 unspecified atom stereocenters. The first kappa shape index (κ1) is 12.0. The molecule has 92 valence electrons. The van der Waals surface area contributed by atoms with Gasteiger partial charge in [-0.3, -0.25) is 14.6 Å². The zero-order chi connectivity index (χ0) is 13.0. The van der Waals surface area contributed by atoms with Gasteiger partial charge in [-0.2, -0.15) is 0 Å². The van der Waals surface area contributed by atoms with Crippen molar-refractivity contribution in [3.63, 3.8) is 0 Å². The van der Waals surface area contributed by atoms with Gasteiger partial charge in [0.05, 0.1) is 0 Å². The predicted molar refractivity (Wildman–Crippen MR) is 67.1 cm³/mol. The molecule has 0 aliphatic rings. The minimum atomic E-state index is -0.260. The number of pyridine rings is 2. The third-order valence-electron chi connectivity index (χ3n) is 2.57. The van der Waals surface area contributed by atoms with Crippen molar-refractivity contribution in [2.45, 2.75) is 6.54 Å². The van der Waals surface area contributed by atoms with Gasteiger partial charge in [0.15, 0.2) is 0 Å². The summed E-state index contributed by atoms with van der Waals surface area (Å²) in [7, 11) is 1.64. The Labute approximate surface area is 104 Å². The molecule has 0 aliphatic heterocycles. The second kappa shape index (κ2) is 5.27. The third-order valence-corrected chi connectivity index (χ3v) is 2.57. The van der Waals surface area contributed by atoms with E-state index in [9.17, 15) is 9.59 Å². The molecular formula is C13H13N3O2. The molecule has 1 N–H and O–H groups in total. The van der Waals surface area contributed by atoms with Crippen molar-refractivity contribution in [1.82, 2.24) is 14.9 Å². The fourth-order valence-electron chi connectivity index (χ4n) is 1.47. The molecule has 0 radical (unpaired) electrons. The molecule has 5 heteroatoms. The number of carbonyl (C=O) groups is 1. The molecule has 0 saturated heterocycles. The lowest BCUT2D eigenvalue weighted by atomic mass is 10.2. The number of rotatable bonds is 3. The SMILES string of the molecule is Cn1ccc(C(=O)NCc2ccncc2)cc1=O. The molecule has 2 aromatic rings. The van der Waals surface area contributed by atoms with Crippen molar-refractivity contribution in [1.29, 1.82) is 0 Å². The van der Waals surface area contributed by atoms with Crippen LogP contribution >= 0.6 is 0 Å². The van der Waals surface area contributed by atoms with Gasteiger partial charge in [0.25, 0.3) is 11.5 Å². The van der Waals surface area contributed by atoms with E-state index in [1.54, 1.807) is 31.7 Å². The van der Waals surface area contributed by atoms with E-state index in [4.69, 9.17) is 0 Å². The number of hydrogen-bond donors (Lipinski definition) is 1. The van der Waals surface area contributed by atoms with Gasteiger partial charge in [-0.1, -0.05) is 0 Å². The summed E-state index contributed by atoms with van der Waals surface area (Å²) >= 11 is 0. The lowest BCUT2D eigenvalue weighted by molar-refractivity contribution is 0.0950. The first-order valence-electron chi connectivity index (χ1n) is 5.50. The van der Waals surface area contributed by atoms with Crippen LogP contribution in [0.15, 0.2) is 47.7 Å². The first-order valence-corrected chi connectivity index (χ1v) is 5.50. The highest BCUT2D eigenvalue weighted by Crippen LogP contribution is 1.98. The maximum Gasteiger partial charge on any atom is 0.251 e. The van der Waals surface area contributed by atoms with Crippen LogP contribution in [0.1, 0.15) is 15.9 Å². The van der Waals surface area contributed by atoms with Crippen LogP contribution in [0.4, 0.5) is 0 Å². The molecule has 2 aromatic heterocycles. The summed E-state index contributed by atoms with van der Waals surface area (Å²) in [6, 6.07) is 6.58. The lowest BCUT2D eigenvalue weighted by Gasteiger charge is -2.05. The Morgan fingerprint density at radius 1 is 1.33 bits per heavy atom. The standard InChI is InChI=1S/C13H13N3O2/c1-16-7-4-11(8-12(16)17)13(18)15-9-10-2-5-14-6-3-10/h2-8H,9H2,1H3,(H,15,18). The van der Waals surface area contributed by atoms with Crippen LogP contribution in [0.25, 0.3) is 0 Å². The van der Waals surface area contributed by atoms with Crippen LogP contribution in [0.3, 0.4) is 0 Å². The van der Waals surface area contributed by atoms with E-state index in [1.807, 2.05) is 12.1 Å². The van der Waals surface area contributed by atoms with Crippen LogP contribution < -0.4 is 10.9 Å². The Morgan fingerprint density at radius 2 is 2.06 bits per heavy atom. The molecule has 5 nitrogen and oxygen atoms in total. The highest BCUT2D eigenvalue weighted by molar-refractivity contribution is 5.93. The molecule has 2 rings (SSSR count). The number of aromatic nitrogens is 2. The topological polar surface area (TPSA) is 64.0 Å². The van der Waals surface area contributed by atoms with Gasteiger partial charge in [-0.15, -0.1) is 0 Å². The highest BCUT2D eigenvalue weighted by Gasteiger charge is 2.06. The average Bonchev–Trinajstić information content (AvgIpc) is 2.40. The fraction of sp³-hybridized carbons (Fsp3) is 0.154. The third kappa shape index (κ3) is 2.82. The molecule has 0 aromatic carbocycles. The molecule has 1 amide bonds. The van der Waals surface area contributed by atoms with Crippen molar-refractivity contribution in [2.75, 3.05) is 0 Å². The van der Waals surface area contributed by atoms with E-state index in [1.165, 1.54) is 10.6 Å². The Kier molecular flexibility index (Phi) is 3.52. The molecule has 2 heterocycles. The van der Waals surface area contributed by atoms with E-state index >= 15 is 0 Å². The van der Waals surface area contributed by atoms with Crippen LogP contribution in [-0.2, 0) is 13.6 Å². The second-order valence-electron chi connectivity index (χ2n) is 3.90. The van der Waals surface area contributed by atoms with Crippen LogP contribution in [-0.4, -0.2) is 15.5 Å². The first-order chi connectivity index (χ1) is 8.66. The van der Waals surface area contributed by atoms with Crippen molar-refractivity contribution < 1.29 is 4.79 Å². The molecule has 0 saturated carbocycles. The van der Waals surface area contributed by atoms with Gasteiger partial charge in [-0.25, -0.2) is 0 Å². The number of aryl methyl sites for hydroxylation is 1. The number of nitrogens with one attached hydrogen (secondary N) is 1. The van der Waals surface area contributed by atoms with E-state index in [0.717, 1.165) is 5.56 Å². The molecular weight excluding hydrogens is 230 g/mol. The minimum absolute atomic E-state index is 0.202. The van der Waals surface area contributed by atoms with Crippen LogP contribution in [0, 0.1) is 0 Å². The zero-order valence-corrected chi connectivity index (χ0v) is 9.96. The summed E-state index contributed by atoms with van der Waals surface area (Å²) in [5.74, 6) is -0.260. The van der Waals surface area contributed by atoms with Crippen molar-refractivity contribution in [3.05, 3.63) is 64.3 Å². The fourth-order valence-corrected chi connectivity index (χ4v) is 1.47. The summed E-state index contributed by atoms with van der Waals surface area (Å²) in [5, 5.41) is 2.75. The van der Waals surface area contributed by atoms with Gasteiger partial charge in [0, 0.05) is 43.8 Å². The Morgan fingerprint density at radius 3 is 2.72 bits per heavy atom. The number of nitrogens with zero attached hydrogens (tertiary/aromatic N) is 2. The summed E-state index contributed by atoms with van der Waals surface area (Å²) in [6.45, 7) is 0.413. The van der Waals surface area contributed by atoms with E-state index in [2.05, 4.69) is 10.3 Å². The molecule has 0 atom stereocenters. The lowest BCUT2D eigenvalue weighted by Crippen LogP contribution is -2.25. The van der Waals surface area contributed by atoms with Gasteiger partial charge < -0.3 is 9.88 Å². The van der Waals surface area contributed by atoms with Gasteiger partial charge in [0.1, 0.15) is 0 Å². The molecule has 0 fully saturated rings. The van der Waals surface area contributed by atoms with Crippen molar-refractivity contribution in [2.24, 2.45) is 7.05 Å². The number of hydrogen-bond acceptors (Lipinski definition) is 3. The maximum atomic E-state index is 11.8. The summed E-state index contributed by atoms with van der Waals surface area (Å²) in [4.78, 5) is 27.1. The second-order valence-corrected chi connectivity index (χ2v) is 3.90. The largest absolute Gasteiger partial charge is 0.348 e. The minimum Gasteiger partial charge on any atom is -0.348 e. The van der Waals surface area contributed by atoms with Gasteiger partial charge in [0.2, 0.25) is 0 Å². The van der Waals surface area contributed by atoms with Crippen LogP contribution in [0.5, 0.6) is 0 Å². The van der Waals surface area contributed by atoms with Crippen molar-refractivity contribution in [3.8, 4) is 0 Å². The maximum absolute atomic E-state index is 11.8. The van der Waals surface area contributed by atoms with E-state index in [0.29, 0.717) is 12.1 Å². The van der Waals surface area contributed by atoms with E-state index < -0.39 is 0 Å². The van der Waals surface area contributed by atoms with E-state index in [-0.39, 0.29) is 11.5 Å². The highest BCUT2D eigenvalue weighted by atomic mass is 16.2. The monoisotopic (exact) mass is 243 g/mol. The molecule has 0 spiro atoms. The zero-order valence-electron chi connectivity index (χ0n) is 9.96. The molecule has 0 bridgehead atoms. The van der Waals surface area contributed by atoms with Crippen LogP contribution in [0.2, 0.25) is 0 Å². The number of carbonyl (C=O) groups excluding carboxylic acids is 1. The Balaban J connectivity index is 2.04. The van der Waals surface area contributed by atoms with Gasteiger partial charge >= 0.3 is 0 Å². The summed E-state index contributed by atoms with van der Waals surface area (Å²) in [6.07, 6.45) is 4.91. The van der Waals surface area contributed by atoms with Crippen molar-refractivity contribution >= 4 is 5.91 Å². The Bertz CT molecular complexity index is 605. The molecule has 0 aliphatic carbocycles. The normalized spacial score (nSPS) is 10.1. The number of amides is 1. The quantitative estimate of drug-likeness (QED) is 0.863. The van der Waals surface area contributed by atoms with Gasteiger partial charge in [-0.05, 0) is 23.8 Å². The molecule has 18 heavy (non-hydrogen) atoms. The predicted octanol–water partition coefficient (Wildman–Crippen LogP) is 0.710. The Hall–Kier alpha value is -2.43. The average molecular weight is 243 g/mol. The summed E-state index contributed by atoms with van der Waals surface area (Å²) in [5.41, 5.74) is 1.13.